The summed E-state index contributed by atoms with van der Waals surface area (Å²) < 4.78 is 12.3. The van der Waals surface area contributed by atoms with Gasteiger partial charge in [0.1, 0.15) is 0 Å². The zero-order valence-corrected chi connectivity index (χ0v) is 19.3. The first kappa shape index (κ1) is 21.6. The lowest BCUT2D eigenvalue weighted by molar-refractivity contribution is -0.122. The molecule has 4 rings (SSSR count). The average molecular weight is 484 g/mol. The summed E-state index contributed by atoms with van der Waals surface area (Å²) >= 11 is 3.59. The minimum Gasteiger partial charge on any atom is -0.490 e. The molecule has 2 aromatic rings. The van der Waals surface area contributed by atoms with Gasteiger partial charge in [0, 0.05) is 30.0 Å². The first-order valence-electron chi connectivity index (χ1n) is 10.7. The van der Waals surface area contributed by atoms with Crippen LogP contribution in [0.3, 0.4) is 0 Å². The van der Waals surface area contributed by atoms with Gasteiger partial charge in [-0.1, -0.05) is 30.3 Å². The lowest BCUT2D eigenvalue weighted by atomic mass is 9.73. The summed E-state index contributed by atoms with van der Waals surface area (Å²) in [5.74, 6) is 1.09. The zero-order chi connectivity index (χ0) is 22.0. The molecule has 2 aliphatic rings. The molecular formula is C25H26BrNO4. The van der Waals surface area contributed by atoms with Crippen LogP contribution in [0.5, 0.6) is 11.5 Å². The molecule has 1 heterocycles. The van der Waals surface area contributed by atoms with Gasteiger partial charge in [0.2, 0.25) is 5.91 Å². The van der Waals surface area contributed by atoms with Crippen molar-refractivity contribution in [2.75, 3.05) is 13.2 Å². The van der Waals surface area contributed by atoms with Crippen LogP contribution >= 0.6 is 15.9 Å². The lowest BCUT2D eigenvalue weighted by Gasteiger charge is -2.34. The number of halogens is 1. The SMILES string of the molecule is CCOc1cc(C2CC(=O)NC3=C2C(=O)CC(c2ccccc2)C3)cc(Br)c1OCC. The summed E-state index contributed by atoms with van der Waals surface area (Å²) in [6.07, 6.45) is 1.35. The summed E-state index contributed by atoms with van der Waals surface area (Å²) in [6.45, 7) is 4.84. The number of hydrogen-bond acceptors (Lipinski definition) is 4. The maximum absolute atomic E-state index is 13.3. The van der Waals surface area contributed by atoms with E-state index in [4.69, 9.17) is 9.47 Å². The Bertz CT molecular complexity index is 1030. The Labute approximate surface area is 190 Å². The minimum absolute atomic E-state index is 0.0618. The number of allylic oxidation sites excluding steroid dienone is 2. The molecule has 6 heteroatoms. The van der Waals surface area contributed by atoms with E-state index in [0.29, 0.717) is 37.6 Å². The van der Waals surface area contributed by atoms with E-state index >= 15 is 0 Å². The average Bonchev–Trinajstić information content (AvgIpc) is 2.75. The minimum atomic E-state index is -0.292. The molecule has 1 aliphatic heterocycles. The van der Waals surface area contributed by atoms with Gasteiger partial charge in [-0.15, -0.1) is 0 Å². The maximum Gasteiger partial charge on any atom is 0.225 e. The summed E-state index contributed by atoms with van der Waals surface area (Å²) in [7, 11) is 0. The molecule has 5 nitrogen and oxygen atoms in total. The molecule has 162 valence electrons. The van der Waals surface area contributed by atoms with Crippen LogP contribution in [-0.2, 0) is 9.59 Å². The van der Waals surface area contributed by atoms with E-state index in [0.717, 1.165) is 26.9 Å². The molecule has 1 aliphatic carbocycles. The molecule has 0 bridgehead atoms. The number of carbonyl (C=O) groups excluding carboxylic acids is 2. The number of amides is 1. The van der Waals surface area contributed by atoms with Gasteiger partial charge >= 0.3 is 0 Å². The molecule has 0 aromatic heterocycles. The van der Waals surface area contributed by atoms with Crippen molar-refractivity contribution in [3.8, 4) is 11.5 Å². The molecule has 0 saturated heterocycles. The van der Waals surface area contributed by atoms with Crippen molar-refractivity contribution >= 4 is 27.6 Å². The second kappa shape index (κ2) is 9.27. The smallest absolute Gasteiger partial charge is 0.225 e. The monoisotopic (exact) mass is 483 g/mol. The standard InChI is InChI=1S/C25H26BrNO4/c1-3-30-22-13-17(10-19(26)25(22)31-4-2)18-14-23(29)27-20-11-16(12-21(28)24(18)20)15-8-6-5-7-9-15/h5-10,13,16,18H,3-4,11-12,14H2,1-2H3,(H,27,29). The van der Waals surface area contributed by atoms with E-state index in [2.05, 4.69) is 21.2 Å². The Balaban J connectivity index is 1.74. The third kappa shape index (κ3) is 4.40. The Morgan fingerprint density at radius 1 is 0.968 bits per heavy atom. The van der Waals surface area contributed by atoms with Gasteiger partial charge in [0.25, 0.3) is 0 Å². The highest BCUT2D eigenvalue weighted by Crippen LogP contribution is 2.46. The zero-order valence-electron chi connectivity index (χ0n) is 17.7. The number of rotatable bonds is 6. The number of nitrogens with one attached hydrogen (secondary N) is 1. The van der Waals surface area contributed by atoms with Gasteiger partial charge < -0.3 is 14.8 Å². The van der Waals surface area contributed by atoms with Crippen molar-refractivity contribution < 1.29 is 19.1 Å². The molecule has 1 N–H and O–H groups in total. The number of ether oxygens (including phenoxy) is 2. The summed E-state index contributed by atoms with van der Waals surface area (Å²) in [5, 5.41) is 2.99. The molecule has 1 amide bonds. The largest absolute Gasteiger partial charge is 0.490 e. The number of benzene rings is 2. The number of hydrogen-bond donors (Lipinski definition) is 1. The molecule has 31 heavy (non-hydrogen) atoms. The predicted octanol–water partition coefficient (Wildman–Crippen LogP) is 5.25. The number of Topliss-reactive ketones (excluding diaryl/α,β-unsaturated/α-hetero) is 1. The van der Waals surface area contributed by atoms with E-state index in [1.54, 1.807) is 0 Å². The quantitative estimate of drug-likeness (QED) is 0.609. The molecule has 0 fully saturated rings. The van der Waals surface area contributed by atoms with E-state index in [1.807, 2.05) is 56.3 Å². The van der Waals surface area contributed by atoms with Gasteiger partial charge in [-0.3, -0.25) is 9.59 Å². The molecular weight excluding hydrogens is 458 g/mol. The van der Waals surface area contributed by atoms with Crippen LogP contribution in [0.2, 0.25) is 0 Å². The molecule has 2 aromatic carbocycles. The van der Waals surface area contributed by atoms with Gasteiger partial charge in [-0.05, 0) is 65.4 Å². The van der Waals surface area contributed by atoms with Crippen molar-refractivity contribution in [1.29, 1.82) is 0 Å². The van der Waals surface area contributed by atoms with Gasteiger partial charge in [-0.25, -0.2) is 0 Å². The Morgan fingerprint density at radius 3 is 2.42 bits per heavy atom. The van der Waals surface area contributed by atoms with Gasteiger partial charge in [0.05, 0.1) is 17.7 Å². The molecule has 2 atom stereocenters. The molecule has 2 unspecified atom stereocenters. The lowest BCUT2D eigenvalue weighted by Crippen LogP contribution is -2.38. The van der Waals surface area contributed by atoms with Crippen LogP contribution in [0.4, 0.5) is 0 Å². The second-order valence-electron chi connectivity index (χ2n) is 7.83. The van der Waals surface area contributed by atoms with Crippen molar-refractivity contribution in [3.05, 3.63) is 69.3 Å². The number of carbonyl (C=O) groups is 2. The third-order valence-electron chi connectivity index (χ3n) is 5.83. The van der Waals surface area contributed by atoms with Crippen molar-refractivity contribution in [3.63, 3.8) is 0 Å². The van der Waals surface area contributed by atoms with Gasteiger partial charge in [0.15, 0.2) is 17.3 Å². The van der Waals surface area contributed by atoms with E-state index in [-0.39, 0.29) is 29.9 Å². The molecule has 0 saturated carbocycles. The highest BCUT2D eigenvalue weighted by molar-refractivity contribution is 9.10. The van der Waals surface area contributed by atoms with Crippen molar-refractivity contribution in [1.82, 2.24) is 5.32 Å². The fourth-order valence-electron chi connectivity index (χ4n) is 4.54. The van der Waals surface area contributed by atoms with Crippen LogP contribution in [0.1, 0.15) is 56.1 Å². The molecule has 0 radical (unpaired) electrons. The van der Waals surface area contributed by atoms with E-state index in [9.17, 15) is 9.59 Å². The first-order valence-corrected chi connectivity index (χ1v) is 11.5. The molecule has 0 spiro atoms. The maximum atomic E-state index is 13.3. The fourth-order valence-corrected chi connectivity index (χ4v) is 5.12. The van der Waals surface area contributed by atoms with Crippen molar-refractivity contribution in [2.45, 2.75) is 44.9 Å². The van der Waals surface area contributed by atoms with Crippen LogP contribution in [0.15, 0.2) is 58.2 Å². The van der Waals surface area contributed by atoms with Crippen LogP contribution in [0, 0.1) is 0 Å². The normalized spacial score (nSPS) is 20.9. The highest BCUT2D eigenvalue weighted by atomic mass is 79.9. The fraction of sp³-hybridized carbons (Fsp3) is 0.360. The first-order chi connectivity index (χ1) is 15.0. The Kier molecular flexibility index (Phi) is 6.46. The van der Waals surface area contributed by atoms with Crippen LogP contribution < -0.4 is 14.8 Å². The van der Waals surface area contributed by atoms with Crippen molar-refractivity contribution in [2.24, 2.45) is 0 Å². The van der Waals surface area contributed by atoms with Crippen LogP contribution in [-0.4, -0.2) is 24.9 Å². The van der Waals surface area contributed by atoms with E-state index < -0.39 is 0 Å². The Morgan fingerprint density at radius 2 is 1.71 bits per heavy atom. The summed E-state index contributed by atoms with van der Waals surface area (Å²) in [5.41, 5.74) is 3.49. The second-order valence-corrected chi connectivity index (χ2v) is 8.69. The third-order valence-corrected chi connectivity index (χ3v) is 6.42. The van der Waals surface area contributed by atoms with Gasteiger partial charge in [-0.2, -0.15) is 0 Å². The predicted molar refractivity (Wildman–Crippen MR) is 122 cm³/mol. The summed E-state index contributed by atoms with van der Waals surface area (Å²) in [6, 6.07) is 13.9. The van der Waals surface area contributed by atoms with Crippen LogP contribution in [0.25, 0.3) is 0 Å². The summed E-state index contributed by atoms with van der Waals surface area (Å²) in [4.78, 5) is 25.9. The van der Waals surface area contributed by atoms with E-state index in [1.165, 1.54) is 0 Å². The number of ketones is 1. The highest BCUT2D eigenvalue weighted by Gasteiger charge is 2.38. The Hall–Kier alpha value is -2.60. The topological polar surface area (TPSA) is 64.6 Å².